The highest BCUT2D eigenvalue weighted by Crippen LogP contribution is 2.33. The predicted octanol–water partition coefficient (Wildman–Crippen LogP) is 18.8. The third-order valence-electron chi connectivity index (χ3n) is 13.9. The van der Waals surface area contributed by atoms with E-state index < -0.39 is 0 Å². The fourth-order valence-electron chi connectivity index (χ4n) is 6.73. The van der Waals surface area contributed by atoms with Crippen molar-refractivity contribution in [1.29, 1.82) is 0 Å². The van der Waals surface area contributed by atoms with Crippen molar-refractivity contribution in [2.24, 2.45) is 75.9 Å². The van der Waals surface area contributed by atoms with Crippen LogP contribution in [0.25, 0.3) is 0 Å². The Balaban J connectivity index is -0.000000678. The van der Waals surface area contributed by atoms with Crippen LogP contribution in [0.4, 0.5) is 0 Å². The first-order valence-corrected chi connectivity index (χ1v) is 23.4. The van der Waals surface area contributed by atoms with Crippen LogP contribution in [0.2, 0.25) is 0 Å². The summed E-state index contributed by atoms with van der Waals surface area (Å²) in [6, 6.07) is 0. The summed E-state index contributed by atoms with van der Waals surface area (Å²) in [7, 11) is 0. The van der Waals surface area contributed by atoms with E-state index in [9.17, 15) is 0 Å². The number of rotatable bonds is 27. The third-order valence-corrected chi connectivity index (χ3v) is 13.9. The molecule has 7 atom stereocenters. The molecule has 0 aromatic rings. The SMILES string of the molecule is CC(C)CCCC(C)C(C)CCC(C)C(C)C.CCC(C)(C)CCCC(C)C(C)CCC(C)C.CCC(C)CCCC(C)(C)CCC(C)C(C)C. The first kappa shape index (κ1) is 55.3. The maximum Gasteiger partial charge on any atom is -0.0354 e. The van der Waals surface area contributed by atoms with Gasteiger partial charge in [0, 0.05) is 0 Å². The van der Waals surface area contributed by atoms with Crippen molar-refractivity contribution in [2.45, 2.75) is 255 Å². The Morgan fingerprint density at radius 2 is 0.706 bits per heavy atom. The van der Waals surface area contributed by atoms with Gasteiger partial charge in [0.15, 0.2) is 0 Å². The summed E-state index contributed by atoms with van der Waals surface area (Å²) < 4.78 is 0. The molecule has 0 spiro atoms. The van der Waals surface area contributed by atoms with E-state index in [0.29, 0.717) is 10.8 Å². The van der Waals surface area contributed by atoms with E-state index in [2.05, 4.69) is 145 Å². The van der Waals surface area contributed by atoms with Crippen molar-refractivity contribution in [2.75, 3.05) is 0 Å². The van der Waals surface area contributed by atoms with Gasteiger partial charge in [-0.15, -0.1) is 0 Å². The molecule has 0 saturated heterocycles. The minimum absolute atomic E-state index is 0.552. The molecule has 0 aliphatic carbocycles. The van der Waals surface area contributed by atoms with Crippen molar-refractivity contribution in [1.82, 2.24) is 0 Å². The van der Waals surface area contributed by atoms with Crippen LogP contribution in [0.15, 0.2) is 0 Å². The summed E-state index contributed by atoms with van der Waals surface area (Å²) in [4.78, 5) is 0. The predicted molar refractivity (Wildman–Crippen MR) is 241 cm³/mol. The Morgan fingerprint density at radius 3 is 1.14 bits per heavy atom. The lowest BCUT2D eigenvalue weighted by Crippen LogP contribution is -2.15. The largest absolute Gasteiger partial charge is 0.0651 e. The van der Waals surface area contributed by atoms with Gasteiger partial charge in [-0.25, -0.2) is 0 Å². The molecule has 7 unspecified atom stereocenters. The highest BCUT2D eigenvalue weighted by atomic mass is 14.3. The Labute approximate surface area is 329 Å². The van der Waals surface area contributed by atoms with Gasteiger partial charge < -0.3 is 0 Å². The van der Waals surface area contributed by atoms with Gasteiger partial charge in [-0.2, -0.15) is 0 Å². The molecule has 0 saturated carbocycles. The van der Waals surface area contributed by atoms with Gasteiger partial charge in [0.25, 0.3) is 0 Å². The van der Waals surface area contributed by atoms with Gasteiger partial charge in [0.1, 0.15) is 0 Å². The van der Waals surface area contributed by atoms with Crippen LogP contribution in [0.5, 0.6) is 0 Å². The van der Waals surface area contributed by atoms with Crippen molar-refractivity contribution >= 4 is 0 Å². The Bertz CT molecular complexity index is 722. The molecule has 0 rings (SSSR count). The molecule has 312 valence electrons. The van der Waals surface area contributed by atoms with Crippen LogP contribution < -0.4 is 0 Å². The maximum atomic E-state index is 2.46. The average molecular weight is 721 g/mol. The molecule has 0 heteroatoms. The molecule has 51 heavy (non-hydrogen) atoms. The van der Waals surface area contributed by atoms with Gasteiger partial charge in [-0.1, -0.05) is 229 Å². The van der Waals surface area contributed by atoms with Gasteiger partial charge >= 0.3 is 0 Å². The van der Waals surface area contributed by atoms with Gasteiger partial charge in [0.2, 0.25) is 0 Å². The van der Waals surface area contributed by atoms with Gasteiger partial charge in [0.05, 0.1) is 0 Å². The first-order valence-electron chi connectivity index (χ1n) is 23.4. The molecule has 0 bridgehead atoms. The summed E-state index contributed by atoms with van der Waals surface area (Å²) in [5.41, 5.74) is 1.11. The standard InChI is InChI=1S/3C17H36/c1-13(2)9-8-10-16(6)17(7)12-11-15(5)14(3)4;1-8-17(6,7)13-9-10-15(4)16(5)12-11-14(2)3;1-8-15(4)10-9-12-17(6,7)13-11-16(5)14(2)3/h13-17H,8-12H2,1-7H3;2*14-16H,8-13H2,1-7H3. The summed E-state index contributed by atoms with van der Waals surface area (Å²) in [5.74, 6) is 9.73. The minimum Gasteiger partial charge on any atom is -0.0651 e. The van der Waals surface area contributed by atoms with Crippen LogP contribution in [-0.4, -0.2) is 0 Å². The Hall–Kier alpha value is 0. The average Bonchev–Trinajstić information content (AvgIpc) is 3.04. The molecular weight excluding hydrogens is 613 g/mol. The maximum absolute atomic E-state index is 2.46. The lowest BCUT2D eigenvalue weighted by molar-refractivity contribution is 0.244. The van der Waals surface area contributed by atoms with Crippen molar-refractivity contribution in [3.63, 3.8) is 0 Å². The van der Waals surface area contributed by atoms with Crippen molar-refractivity contribution < 1.29 is 0 Å². The van der Waals surface area contributed by atoms with Crippen molar-refractivity contribution in [3.8, 4) is 0 Å². The summed E-state index contributed by atoms with van der Waals surface area (Å²) in [6.45, 7) is 50.0. The quantitative estimate of drug-likeness (QED) is 0.0792. The molecule has 0 nitrogen and oxygen atoms in total. The van der Waals surface area contributed by atoms with E-state index >= 15 is 0 Å². The Morgan fingerprint density at radius 1 is 0.333 bits per heavy atom. The van der Waals surface area contributed by atoms with E-state index in [1.807, 2.05) is 0 Å². The molecule has 0 amide bonds. The lowest BCUT2D eigenvalue weighted by atomic mass is 9.78. The fourth-order valence-corrected chi connectivity index (χ4v) is 6.73. The molecular formula is C51H108. The van der Waals surface area contributed by atoms with Crippen molar-refractivity contribution in [3.05, 3.63) is 0 Å². The minimum atomic E-state index is 0.552. The van der Waals surface area contributed by atoms with Gasteiger partial charge in [-0.05, 0) is 102 Å². The monoisotopic (exact) mass is 721 g/mol. The zero-order valence-electron chi connectivity index (χ0n) is 40.4. The third kappa shape index (κ3) is 35.5. The second-order valence-corrected chi connectivity index (χ2v) is 21.7. The van der Waals surface area contributed by atoms with E-state index in [-0.39, 0.29) is 0 Å². The molecule has 0 aromatic carbocycles. The van der Waals surface area contributed by atoms with Crippen LogP contribution >= 0.6 is 0 Å². The number of hydrogen-bond acceptors (Lipinski definition) is 0. The summed E-state index contributed by atoms with van der Waals surface area (Å²) in [5, 5.41) is 0. The van der Waals surface area contributed by atoms with Crippen LogP contribution in [0, 0.1) is 75.9 Å². The highest BCUT2D eigenvalue weighted by molar-refractivity contribution is 4.72. The topological polar surface area (TPSA) is 0 Å². The number of hydrogen-bond donors (Lipinski definition) is 0. The van der Waals surface area contributed by atoms with Gasteiger partial charge in [-0.3, -0.25) is 0 Å². The second kappa shape index (κ2) is 31.2. The second-order valence-electron chi connectivity index (χ2n) is 21.7. The molecule has 0 N–H and O–H groups in total. The smallest absolute Gasteiger partial charge is 0.0354 e. The first-order chi connectivity index (χ1) is 23.4. The molecule has 0 aliphatic heterocycles. The highest BCUT2D eigenvalue weighted by Gasteiger charge is 2.20. The fraction of sp³-hybridized carbons (Fsp3) is 1.00. The van der Waals surface area contributed by atoms with E-state index in [4.69, 9.17) is 0 Å². The molecule has 0 aromatic heterocycles. The molecule has 0 aliphatic rings. The van der Waals surface area contributed by atoms with Crippen LogP contribution in [0.1, 0.15) is 255 Å². The molecule has 0 radical (unpaired) electrons. The normalized spacial score (nSPS) is 16.6. The summed E-state index contributed by atoms with van der Waals surface area (Å²) in [6.07, 6.45) is 23.8. The molecule has 0 heterocycles. The van der Waals surface area contributed by atoms with E-state index in [0.717, 1.165) is 65.1 Å². The van der Waals surface area contributed by atoms with E-state index in [1.165, 1.54) is 109 Å². The molecule has 0 fully saturated rings. The lowest BCUT2D eigenvalue weighted by Gasteiger charge is -2.27. The van der Waals surface area contributed by atoms with E-state index in [1.54, 1.807) is 0 Å². The zero-order valence-corrected chi connectivity index (χ0v) is 40.4. The summed E-state index contributed by atoms with van der Waals surface area (Å²) >= 11 is 0. The van der Waals surface area contributed by atoms with Crippen LogP contribution in [0.3, 0.4) is 0 Å². The zero-order chi connectivity index (χ0) is 40.4. The Kier molecular flexibility index (Phi) is 33.9. The van der Waals surface area contributed by atoms with Crippen LogP contribution in [-0.2, 0) is 0 Å².